The van der Waals surface area contributed by atoms with Crippen LogP contribution in [-0.4, -0.2) is 30.3 Å². The average molecular weight is 280 g/mol. The molecule has 1 aliphatic carbocycles. The highest BCUT2D eigenvalue weighted by molar-refractivity contribution is 7.09. The van der Waals surface area contributed by atoms with Gasteiger partial charge in [-0.05, 0) is 52.0 Å². The monoisotopic (exact) mass is 280 g/mol. The highest BCUT2D eigenvalue weighted by atomic mass is 32.1. The second kappa shape index (κ2) is 5.51. The normalized spacial score (nSPS) is 27.2. The maximum atomic E-state index is 6.04. The largest absolute Gasteiger partial charge is 0.375 e. The number of thiazole rings is 1. The van der Waals surface area contributed by atoms with E-state index in [0.29, 0.717) is 6.04 Å². The second-order valence-corrected chi connectivity index (χ2v) is 7.16. The molecule has 3 nitrogen and oxygen atoms in total. The van der Waals surface area contributed by atoms with E-state index in [0.717, 1.165) is 18.9 Å². The molecular weight excluding hydrogens is 256 g/mol. The first-order valence-electron chi connectivity index (χ1n) is 7.43. The van der Waals surface area contributed by atoms with E-state index >= 15 is 0 Å². The first-order valence-corrected chi connectivity index (χ1v) is 8.31. The minimum atomic E-state index is 0.246. The van der Waals surface area contributed by atoms with Gasteiger partial charge < -0.3 is 10.1 Å². The Morgan fingerprint density at radius 2 is 2.42 bits per heavy atom. The predicted molar refractivity (Wildman–Crippen MR) is 78.7 cm³/mol. The van der Waals surface area contributed by atoms with Crippen molar-refractivity contribution in [2.24, 2.45) is 5.92 Å². The summed E-state index contributed by atoms with van der Waals surface area (Å²) in [5.74, 6) is 0.737. The lowest BCUT2D eigenvalue weighted by molar-refractivity contribution is -0.146. The van der Waals surface area contributed by atoms with E-state index < -0.39 is 0 Å². The van der Waals surface area contributed by atoms with Crippen LogP contribution in [0.4, 0.5) is 0 Å². The molecule has 2 atom stereocenters. The van der Waals surface area contributed by atoms with Gasteiger partial charge in [-0.3, -0.25) is 0 Å². The van der Waals surface area contributed by atoms with Crippen molar-refractivity contribution in [2.45, 2.75) is 57.1 Å². The lowest BCUT2D eigenvalue weighted by Crippen LogP contribution is -2.50. The molecule has 106 valence electrons. The van der Waals surface area contributed by atoms with Gasteiger partial charge in [-0.1, -0.05) is 0 Å². The standard InChI is InChI=1S/C15H24N2OS/c1-11-17-13(10-19-11)8-14(16-2)12-4-7-18-15(9-12)5-3-6-15/h10,12,14,16H,3-9H2,1-2H3. The van der Waals surface area contributed by atoms with Crippen LogP contribution >= 0.6 is 11.3 Å². The minimum Gasteiger partial charge on any atom is -0.375 e. The Morgan fingerprint density at radius 1 is 1.58 bits per heavy atom. The molecule has 0 aromatic carbocycles. The molecule has 2 unspecified atom stereocenters. The van der Waals surface area contributed by atoms with Crippen molar-refractivity contribution in [1.29, 1.82) is 0 Å². The summed E-state index contributed by atoms with van der Waals surface area (Å²) >= 11 is 1.76. The highest BCUT2D eigenvalue weighted by Gasteiger charge is 2.44. The number of likely N-dealkylation sites (N-methyl/N-ethyl adjacent to an activating group) is 1. The molecule has 1 spiro atoms. The molecule has 1 aromatic rings. The van der Waals surface area contributed by atoms with Crippen LogP contribution in [0.25, 0.3) is 0 Å². The zero-order valence-electron chi connectivity index (χ0n) is 11.9. The summed E-state index contributed by atoms with van der Waals surface area (Å²) in [6.45, 7) is 3.03. The Labute approximate surface area is 119 Å². The molecular formula is C15H24N2OS. The molecule has 3 rings (SSSR count). The van der Waals surface area contributed by atoms with Crippen LogP contribution in [0.5, 0.6) is 0 Å². The number of rotatable bonds is 4. The van der Waals surface area contributed by atoms with Crippen LogP contribution in [-0.2, 0) is 11.2 Å². The Kier molecular flexibility index (Phi) is 3.92. The molecule has 2 heterocycles. The molecule has 1 saturated heterocycles. The number of nitrogens with one attached hydrogen (secondary N) is 1. The van der Waals surface area contributed by atoms with Crippen molar-refractivity contribution in [1.82, 2.24) is 10.3 Å². The zero-order chi connectivity index (χ0) is 13.3. The molecule has 2 aliphatic rings. The lowest BCUT2D eigenvalue weighted by atomic mass is 9.70. The minimum absolute atomic E-state index is 0.246. The molecule has 1 saturated carbocycles. The van der Waals surface area contributed by atoms with Crippen LogP contribution in [0.3, 0.4) is 0 Å². The van der Waals surface area contributed by atoms with Gasteiger partial charge in [0.25, 0.3) is 0 Å². The number of hydrogen-bond acceptors (Lipinski definition) is 4. The van der Waals surface area contributed by atoms with E-state index in [4.69, 9.17) is 4.74 Å². The third kappa shape index (κ3) is 2.86. The molecule has 4 heteroatoms. The van der Waals surface area contributed by atoms with E-state index in [1.54, 1.807) is 11.3 Å². The number of nitrogens with zero attached hydrogens (tertiary/aromatic N) is 1. The van der Waals surface area contributed by atoms with Crippen LogP contribution in [0, 0.1) is 12.8 Å². The van der Waals surface area contributed by atoms with Crippen molar-refractivity contribution in [2.75, 3.05) is 13.7 Å². The first kappa shape index (κ1) is 13.5. The smallest absolute Gasteiger partial charge is 0.0897 e. The van der Waals surface area contributed by atoms with Gasteiger partial charge in [-0.2, -0.15) is 0 Å². The fourth-order valence-electron chi connectivity index (χ4n) is 3.56. The average Bonchev–Trinajstić information content (AvgIpc) is 2.80. The van der Waals surface area contributed by atoms with Crippen molar-refractivity contribution in [3.05, 3.63) is 16.1 Å². The fraction of sp³-hybridized carbons (Fsp3) is 0.800. The molecule has 2 fully saturated rings. The van der Waals surface area contributed by atoms with Gasteiger partial charge in [0.1, 0.15) is 0 Å². The Balaban J connectivity index is 1.64. The Morgan fingerprint density at radius 3 is 3.00 bits per heavy atom. The summed E-state index contributed by atoms with van der Waals surface area (Å²) < 4.78 is 6.04. The predicted octanol–water partition coefficient (Wildman–Crippen LogP) is 2.93. The summed E-state index contributed by atoms with van der Waals surface area (Å²) in [5, 5.41) is 6.90. The molecule has 19 heavy (non-hydrogen) atoms. The quantitative estimate of drug-likeness (QED) is 0.921. The van der Waals surface area contributed by atoms with Gasteiger partial charge in [0.2, 0.25) is 0 Å². The summed E-state index contributed by atoms with van der Waals surface area (Å²) in [4.78, 5) is 4.61. The van der Waals surface area contributed by atoms with E-state index in [-0.39, 0.29) is 5.60 Å². The van der Waals surface area contributed by atoms with Crippen molar-refractivity contribution >= 4 is 11.3 Å². The SMILES string of the molecule is CNC(Cc1csc(C)n1)C1CCOC2(CCC2)C1. The summed E-state index contributed by atoms with van der Waals surface area (Å²) in [6.07, 6.45) is 7.38. The highest BCUT2D eigenvalue weighted by Crippen LogP contribution is 2.45. The van der Waals surface area contributed by atoms with Crippen molar-refractivity contribution < 1.29 is 4.74 Å². The molecule has 0 amide bonds. The number of aromatic nitrogens is 1. The maximum absolute atomic E-state index is 6.04. The molecule has 1 N–H and O–H groups in total. The zero-order valence-corrected chi connectivity index (χ0v) is 12.8. The molecule has 1 aromatic heterocycles. The number of aryl methyl sites for hydroxylation is 1. The van der Waals surface area contributed by atoms with E-state index in [1.807, 2.05) is 0 Å². The lowest BCUT2D eigenvalue weighted by Gasteiger charge is -2.48. The van der Waals surface area contributed by atoms with Gasteiger partial charge in [-0.15, -0.1) is 11.3 Å². The maximum Gasteiger partial charge on any atom is 0.0897 e. The van der Waals surface area contributed by atoms with Crippen LogP contribution in [0.1, 0.15) is 42.8 Å². The van der Waals surface area contributed by atoms with Gasteiger partial charge in [0.15, 0.2) is 0 Å². The van der Waals surface area contributed by atoms with Gasteiger partial charge in [0, 0.05) is 24.4 Å². The van der Waals surface area contributed by atoms with Gasteiger partial charge in [0.05, 0.1) is 16.3 Å². The molecule has 1 aliphatic heterocycles. The first-order chi connectivity index (χ1) is 9.21. The van der Waals surface area contributed by atoms with Gasteiger partial charge >= 0.3 is 0 Å². The Bertz CT molecular complexity index is 428. The summed E-state index contributed by atoms with van der Waals surface area (Å²) in [7, 11) is 2.09. The van der Waals surface area contributed by atoms with Crippen molar-refractivity contribution in [3.8, 4) is 0 Å². The van der Waals surface area contributed by atoms with Gasteiger partial charge in [-0.25, -0.2) is 4.98 Å². The number of ether oxygens (including phenoxy) is 1. The third-order valence-electron chi connectivity index (χ3n) is 4.83. The van der Waals surface area contributed by atoms with Crippen LogP contribution < -0.4 is 5.32 Å². The van der Waals surface area contributed by atoms with E-state index in [9.17, 15) is 0 Å². The molecule has 0 bridgehead atoms. The van der Waals surface area contributed by atoms with E-state index in [1.165, 1.54) is 42.8 Å². The second-order valence-electron chi connectivity index (χ2n) is 6.10. The van der Waals surface area contributed by atoms with Crippen molar-refractivity contribution in [3.63, 3.8) is 0 Å². The van der Waals surface area contributed by atoms with E-state index in [2.05, 4.69) is 29.7 Å². The molecule has 0 radical (unpaired) electrons. The van der Waals surface area contributed by atoms with Crippen LogP contribution in [0.2, 0.25) is 0 Å². The third-order valence-corrected chi connectivity index (χ3v) is 5.65. The summed E-state index contributed by atoms with van der Waals surface area (Å²) in [6, 6.07) is 0.544. The fourth-order valence-corrected chi connectivity index (χ4v) is 4.19. The topological polar surface area (TPSA) is 34.2 Å². The Hall–Kier alpha value is -0.450. The number of hydrogen-bond donors (Lipinski definition) is 1. The summed E-state index contributed by atoms with van der Waals surface area (Å²) in [5.41, 5.74) is 1.49. The van der Waals surface area contributed by atoms with Crippen LogP contribution in [0.15, 0.2) is 5.38 Å².